The third-order valence-electron chi connectivity index (χ3n) is 4.50. The molecule has 3 aromatic rings. The van der Waals surface area contributed by atoms with E-state index in [0.29, 0.717) is 11.3 Å². The molecule has 1 aliphatic rings. The predicted molar refractivity (Wildman–Crippen MR) is 98.9 cm³/mol. The van der Waals surface area contributed by atoms with E-state index in [9.17, 15) is 31.1 Å². The third-order valence-corrected chi connectivity index (χ3v) is 4.50. The highest BCUT2D eigenvalue weighted by atomic mass is 19.2. The predicted octanol–water partition coefficient (Wildman–Crippen LogP) is 5.59. The van der Waals surface area contributed by atoms with Gasteiger partial charge in [-0.15, -0.1) is 0 Å². The molecule has 0 saturated carbocycles. The zero-order valence-corrected chi connectivity index (χ0v) is 15.5. The molecule has 4 rings (SSSR count). The number of hydrogen-bond donors (Lipinski definition) is 0. The molecular weight excluding hydrogens is 426 g/mol. The molecule has 1 amide bonds. The van der Waals surface area contributed by atoms with Crippen molar-refractivity contribution in [1.82, 2.24) is 0 Å². The Morgan fingerprint density at radius 3 is 2.03 bits per heavy atom. The zero-order chi connectivity index (χ0) is 22.4. The van der Waals surface area contributed by atoms with Crippen LogP contribution in [-0.4, -0.2) is 11.6 Å². The van der Waals surface area contributed by atoms with Crippen LogP contribution in [0, 0.1) is 34.9 Å². The fourth-order valence-electron chi connectivity index (χ4n) is 2.96. The summed E-state index contributed by atoms with van der Waals surface area (Å²) in [4.78, 5) is 12.6. The molecule has 0 spiro atoms. The summed E-state index contributed by atoms with van der Waals surface area (Å²) < 4.78 is 87.1. The summed E-state index contributed by atoms with van der Waals surface area (Å²) in [5.74, 6) is -12.1. The maximum Gasteiger partial charge on any atom is 0.280 e. The molecule has 2 aromatic carbocycles. The standard InChI is InChI=1S/C21H10F6N2O2/c1-9-13(8-12-6-7-14(31-12)10-2-4-11(22)5-3-10)21(30)29(28-9)20-18(26)16(24)15(23)17(25)19(20)27/h2-8H,1H3/b13-8+. The van der Waals surface area contributed by atoms with Crippen molar-refractivity contribution in [3.63, 3.8) is 0 Å². The minimum Gasteiger partial charge on any atom is -0.457 e. The van der Waals surface area contributed by atoms with E-state index in [1.807, 2.05) is 0 Å². The van der Waals surface area contributed by atoms with Gasteiger partial charge in [-0.05, 0) is 49.4 Å². The van der Waals surface area contributed by atoms with Crippen LogP contribution in [0.4, 0.5) is 32.0 Å². The maximum atomic E-state index is 14.1. The van der Waals surface area contributed by atoms with E-state index < -0.39 is 46.5 Å². The molecule has 0 N–H and O–H groups in total. The van der Waals surface area contributed by atoms with Crippen LogP contribution in [-0.2, 0) is 4.79 Å². The van der Waals surface area contributed by atoms with Crippen molar-refractivity contribution in [2.24, 2.45) is 5.10 Å². The van der Waals surface area contributed by atoms with Crippen molar-refractivity contribution < 1.29 is 35.6 Å². The molecule has 0 fully saturated rings. The number of amides is 1. The number of carbonyl (C=O) groups is 1. The smallest absolute Gasteiger partial charge is 0.280 e. The van der Waals surface area contributed by atoms with Gasteiger partial charge in [-0.25, -0.2) is 26.3 Å². The summed E-state index contributed by atoms with van der Waals surface area (Å²) in [5.41, 5.74) is -1.13. The number of nitrogens with zero attached hydrogens (tertiary/aromatic N) is 2. The first kappa shape index (κ1) is 20.5. The van der Waals surface area contributed by atoms with Gasteiger partial charge < -0.3 is 4.42 Å². The summed E-state index contributed by atoms with van der Waals surface area (Å²) in [6.45, 7) is 1.32. The molecule has 0 saturated heterocycles. The van der Waals surface area contributed by atoms with Crippen molar-refractivity contribution in [3.05, 3.63) is 82.6 Å². The second-order valence-corrected chi connectivity index (χ2v) is 6.49. The molecule has 0 radical (unpaired) electrons. The van der Waals surface area contributed by atoms with Crippen LogP contribution < -0.4 is 5.01 Å². The Balaban J connectivity index is 1.70. The number of hydrogen-bond acceptors (Lipinski definition) is 3. The van der Waals surface area contributed by atoms with Gasteiger partial charge in [0.1, 0.15) is 23.0 Å². The number of carbonyl (C=O) groups excluding carboxylic acids is 1. The lowest BCUT2D eigenvalue weighted by molar-refractivity contribution is -0.114. The highest BCUT2D eigenvalue weighted by Crippen LogP contribution is 2.34. The lowest BCUT2D eigenvalue weighted by Crippen LogP contribution is -2.25. The SMILES string of the molecule is CC1=NN(c2c(F)c(F)c(F)c(F)c2F)C(=O)/C1=C/c1ccc(-c2ccc(F)cc2)o1. The third kappa shape index (κ3) is 3.39. The highest BCUT2D eigenvalue weighted by Gasteiger charge is 2.37. The Kier molecular flexibility index (Phi) is 4.92. The van der Waals surface area contributed by atoms with Gasteiger partial charge in [0.2, 0.25) is 5.82 Å². The first-order valence-electron chi connectivity index (χ1n) is 8.68. The van der Waals surface area contributed by atoms with Crippen molar-refractivity contribution in [2.45, 2.75) is 6.92 Å². The Labute approximate surface area is 170 Å². The number of anilines is 1. The normalized spacial score (nSPS) is 15.2. The van der Waals surface area contributed by atoms with Crippen molar-refractivity contribution in [3.8, 4) is 11.3 Å². The summed E-state index contributed by atoms with van der Waals surface area (Å²) in [5, 5.41) is 3.75. The topological polar surface area (TPSA) is 45.8 Å². The molecule has 10 heteroatoms. The summed E-state index contributed by atoms with van der Waals surface area (Å²) >= 11 is 0. The average molecular weight is 436 g/mol. The molecule has 0 unspecified atom stereocenters. The van der Waals surface area contributed by atoms with Gasteiger partial charge in [-0.2, -0.15) is 10.1 Å². The Morgan fingerprint density at radius 1 is 0.839 bits per heavy atom. The zero-order valence-electron chi connectivity index (χ0n) is 15.5. The molecule has 31 heavy (non-hydrogen) atoms. The van der Waals surface area contributed by atoms with Crippen molar-refractivity contribution in [2.75, 3.05) is 5.01 Å². The van der Waals surface area contributed by atoms with Gasteiger partial charge in [0.05, 0.1) is 11.3 Å². The molecule has 0 aliphatic carbocycles. The molecule has 2 heterocycles. The van der Waals surface area contributed by atoms with Crippen LogP contribution in [0.2, 0.25) is 0 Å². The summed E-state index contributed by atoms with van der Waals surface area (Å²) in [7, 11) is 0. The first-order chi connectivity index (χ1) is 14.7. The van der Waals surface area contributed by atoms with Gasteiger partial charge in [-0.3, -0.25) is 4.79 Å². The second-order valence-electron chi connectivity index (χ2n) is 6.49. The fourth-order valence-corrected chi connectivity index (χ4v) is 2.96. The van der Waals surface area contributed by atoms with Crippen molar-refractivity contribution >= 4 is 23.4 Å². The molecule has 158 valence electrons. The Bertz CT molecular complexity index is 1250. The highest BCUT2D eigenvalue weighted by molar-refractivity contribution is 6.32. The molecule has 4 nitrogen and oxygen atoms in total. The lowest BCUT2D eigenvalue weighted by Gasteiger charge is -2.14. The van der Waals surface area contributed by atoms with E-state index >= 15 is 0 Å². The minimum atomic E-state index is -2.34. The summed E-state index contributed by atoms with van der Waals surface area (Å²) in [6.07, 6.45) is 1.21. The number of benzene rings is 2. The number of halogens is 6. The lowest BCUT2D eigenvalue weighted by atomic mass is 10.1. The maximum absolute atomic E-state index is 14.1. The monoisotopic (exact) mass is 436 g/mol. The number of rotatable bonds is 3. The van der Waals surface area contributed by atoms with Crippen LogP contribution in [0.25, 0.3) is 17.4 Å². The number of hydrazone groups is 1. The average Bonchev–Trinajstić information content (AvgIpc) is 3.32. The molecule has 1 aliphatic heterocycles. The van der Waals surface area contributed by atoms with Gasteiger partial charge >= 0.3 is 0 Å². The van der Waals surface area contributed by atoms with Crippen LogP contribution in [0.15, 0.2) is 51.5 Å². The second kappa shape index (κ2) is 7.46. The van der Waals surface area contributed by atoms with E-state index in [4.69, 9.17) is 4.42 Å². The van der Waals surface area contributed by atoms with Crippen LogP contribution in [0.1, 0.15) is 12.7 Å². The molecular formula is C21H10F6N2O2. The molecule has 1 aromatic heterocycles. The summed E-state index contributed by atoms with van der Waals surface area (Å²) in [6, 6.07) is 8.44. The molecule has 0 bridgehead atoms. The number of furan rings is 1. The van der Waals surface area contributed by atoms with Crippen LogP contribution in [0.5, 0.6) is 0 Å². The van der Waals surface area contributed by atoms with E-state index in [-0.39, 0.29) is 22.1 Å². The Hall–Kier alpha value is -3.82. The largest absolute Gasteiger partial charge is 0.457 e. The van der Waals surface area contributed by atoms with E-state index in [0.717, 1.165) is 0 Å². The quantitative estimate of drug-likeness (QED) is 0.233. The molecule has 0 atom stereocenters. The van der Waals surface area contributed by atoms with E-state index in [1.165, 1.54) is 43.3 Å². The first-order valence-corrected chi connectivity index (χ1v) is 8.68. The van der Waals surface area contributed by atoms with Crippen LogP contribution in [0.3, 0.4) is 0 Å². The van der Waals surface area contributed by atoms with E-state index in [1.54, 1.807) is 6.07 Å². The van der Waals surface area contributed by atoms with Gasteiger partial charge in [0.25, 0.3) is 5.91 Å². The fraction of sp³-hybridized carbons (Fsp3) is 0.0476. The minimum absolute atomic E-state index is 0.0336. The van der Waals surface area contributed by atoms with E-state index in [2.05, 4.69) is 5.10 Å². The Morgan fingerprint density at radius 2 is 1.42 bits per heavy atom. The van der Waals surface area contributed by atoms with Crippen molar-refractivity contribution in [1.29, 1.82) is 0 Å². The van der Waals surface area contributed by atoms with Gasteiger partial charge in [0.15, 0.2) is 23.3 Å². The van der Waals surface area contributed by atoms with Gasteiger partial charge in [0, 0.05) is 5.56 Å². The van der Waals surface area contributed by atoms with Gasteiger partial charge in [-0.1, -0.05) is 0 Å². The van der Waals surface area contributed by atoms with Crippen LogP contribution >= 0.6 is 0 Å².